The van der Waals surface area contributed by atoms with Gasteiger partial charge in [-0.3, -0.25) is 19.3 Å². The summed E-state index contributed by atoms with van der Waals surface area (Å²) in [4.78, 5) is 42.8. The second kappa shape index (κ2) is 10.6. The average molecular weight is 474 g/mol. The van der Waals surface area contributed by atoms with Crippen LogP contribution in [0, 0.1) is 0 Å². The van der Waals surface area contributed by atoms with Crippen molar-refractivity contribution >= 4 is 34.2 Å². The van der Waals surface area contributed by atoms with Crippen LogP contribution in [0.3, 0.4) is 0 Å². The number of methoxy groups -OCH3 is 1. The number of hydrogen-bond acceptors (Lipinski definition) is 4. The molecule has 1 heterocycles. The molecule has 0 bridgehead atoms. The first kappa shape index (κ1) is 24.3. The van der Waals surface area contributed by atoms with Crippen molar-refractivity contribution < 1.29 is 19.1 Å². The molecule has 3 aromatic carbocycles. The molecule has 1 aliphatic heterocycles. The van der Waals surface area contributed by atoms with Crippen LogP contribution < -0.4 is 15.0 Å². The lowest BCUT2D eigenvalue weighted by Gasteiger charge is -2.30. The van der Waals surface area contributed by atoms with Crippen LogP contribution in [-0.2, 0) is 16.1 Å². The van der Waals surface area contributed by atoms with E-state index in [4.69, 9.17) is 4.74 Å². The molecule has 0 saturated heterocycles. The number of rotatable bonds is 10. The molecule has 3 aromatic rings. The summed E-state index contributed by atoms with van der Waals surface area (Å²) in [6, 6.07) is 18.0. The van der Waals surface area contributed by atoms with Crippen molar-refractivity contribution in [2.24, 2.45) is 0 Å². The minimum absolute atomic E-state index is 0.150. The number of carbonyl (C=O) groups excluding carboxylic acids is 3. The molecule has 0 radical (unpaired) electrons. The maximum absolute atomic E-state index is 13.7. The molecule has 182 valence electrons. The van der Waals surface area contributed by atoms with Gasteiger partial charge >= 0.3 is 0 Å². The van der Waals surface area contributed by atoms with Gasteiger partial charge < -0.3 is 15.0 Å². The maximum atomic E-state index is 13.7. The zero-order valence-electron chi connectivity index (χ0n) is 20.4. The van der Waals surface area contributed by atoms with Crippen LogP contribution in [0.15, 0.2) is 60.7 Å². The van der Waals surface area contributed by atoms with Gasteiger partial charge in [0, 0.05) is 24.0 Å². The summed E-state index contributed by atoms with van der Waals surface area (Å²) in [6.45, 7) is 4.41. The number of hydrogen-bond donors (Lipinski definition) is 1. The van der Waals surface area contributed by atoms with Crippen molar-refractivity contribution in [3.63, 3.8) is 0 Å². The fourth-order valence-corrected chi connectivity index (χ4v) is 4.45. The number of unbranched alkanes of at least 4 members (excludes halogenated alkanes) is 1. The second-order valence-corrected chi connectivity index (χ2v) is 8.77. The third-order valence-corrected chi connectivity index (χ3v) is 6.43. The largest absolute Gasteiger partial charge is 0.497 e. The summed E-state index contributed by atoms with van der Waals surface area (Å²) in [6.07, 6.45) is 1.83. The summed E-state index contributed by atoms with van der Waals surface area (Å²) < 4.78 is 5.32. The molecule has 7 nitrogen and oxygen atoms in total. The Kier molecular flexibility index (Phi) is 7.34. The van der Waals surface area contributed by atoms with Crippen molar-refractivity contribution in [1.29, 1.82) is 0 Å². The highest BCUT2D eigenvalue weighted by atomic mass is 16.5. The van der Waals surface area contributed by atoms with Gasteiger partial charge in [-0.05, 0) is 48.6 Å². The van der Waals surface area contributed by atoms with E-state index in [-0.39, 0.29) is 30.8 Å². The summed E-state index contributed by atoms with van der Waals surface area (Å²) in [7, 11) is 1.59. The van der Waals surface area contributed by atoms with E-state index in [0.29, 0.717) is 17.9 Å². The summed E-state index contributed by atoms with van der Waals surface area (Å²) >= 11 is 0. The van der Waals surface area contributed by atoms with Crippen LogP contribution in [0.25, 0.3) is 10.8 Å². The lowest BCUT2D eigenvalue weighted by molar-refractivity contribution is -0.139. The van der Waals surface area contributed by atoms with E-state index in [1.54, 1.807) is 20.1 Å². The average Bonchev–Trinajstić information content (AvgIpc) is 3.15. The van der Waals surface area contributed by atoms with Crippen LogP contribution in [0.1, 0.15) is 42.6 Å². The van der Waals surface area contributed by atoms with Crippen molar-refractivity contribution in [2.75, 3.05) is 25.1 Å². The topological polar surface area (TPSA) is 79.0 Å². The summed E-state index contributed by atoms with van der Waals surface area (Å²) in [5.41, 5.74) is 2.15. The van der Waals surface area contributed by atoms with Crippen LogP contribution in [0.2, 0.25) is 0 Å². The Hall–Kier alpha value is -3.87. The zero-order chi connectivity index (χ0) is 24.9. The number of nitrogens with one attached hydrogen (secondary N) is 1. The Labute approximate surface area is 205 Å². The molecule has 0 aliphatic carbocycles. The molecule has 7 heteroatoms. The van der Waals surface area contributed by atoms with Crippen LogP contribution in [0.4, 0.5) is 5.69 Å². The van der Waals surface area contributed by atoms with E-state index < -0.39 is 6.04 Å². The Balaban J connectivity index is 1.60. The molecule has 1 aliphatic rings. The van der Waals surface area contributed by atoms with E-state index in [2.05, 4.69) is 12.2 Å². The first-order valence-corrected chi connectivity index (χ1v) is 12.0. The normalized spacial score (nSPS) is 13.1. The second-order valence-electron chi connectivity index (χ2n) is 8.77. The molecule has 0 spiro atoms. The molecule has 3 amide bonds. The third kappa shape index (κ3) is 4.99. The van der Waals surface area contributed by atoms with E-state index in [0.717, 1.165) is 34.9 Å². The van der Waals surface area contributed by atoms with Gasteiger partial charge in [0.15, 0.2) is 0 Å². The quantitative estimate of drug-likeness (QED) is 0.449. The Morgan fingerprint density at radius 3 is 2.57 bits per heavy atom. The first-order valence-electron chi connectivity index (χ1n) is 12.0. The fourth-order valence-electron chi connectivity index (χ4n) is 4.45. The molecule has 0 saturated carbocycles. The number of benzene rings is 3. The van der Waals surface area contributed by atoms with Gasteiger partial charge in [-0.15, -0.1) is 0 Å². The lowest BCUT2D eigenvalue weighted by atomic mass is 10.1. The molecule has 1 atom stereocenters. The lowest BCUT2D eigenvalue weighted by Crippen LogP contribution is -2.51. The molecular formula is C28H31N3O4. The number of amides is 3. The van der Waals surface area contributed by atoms with Crippen LogP contribution in [0.5, 0.6) is 5.75 Å². The first-order chi connectivity index (χ1) is 16.9. The molecule has 1 unspecified atom stereocenters. The van der Waals surface area contributed by atoms with Crippen molar-refractivity contribution in [2.45, 2.75) is 39.3 Å². The number of carbonyl (C=O) groups is 3. The highest BCUT2D eigenvalue weighted by Gasteiger charge is 2.34. The highest BCUT2D eigenvalue weighted by Crippen LogP contribution is 2.37. The molecule has 35 heavy (non-hydrogen) atoms. The van der Waals surface area contributed by atoms with E-state index in [9.17, 15) is 14.4 Å². The van der Waals surface area contributed by atoms with Gasteiger partial charge in [-0.2, -0.15) is 0 Å². The van der Waals surface area contributed by atoms with Gasteiger partial charge in [0.2, 0.25) is 11.8 Å². The molecule has 1 N–H and O–H groups in total. The van der Waals surface area contributed by atoms with Gasteiger partial charge in [0.1, 0.15) is 18.3 Å². The summed E-state index contributed by atoms with van der Waals surface area (Å²) in [5, 5.41) is 4.74. The van der Waals surface area contributed by atoms with Gasteiger partial charge in [-0.25, -0.2) is 0 Å². The molecule has 0 fully saturated rings. The summed E-state index contributed by atoms with van der Waals surface area (Å²) in [5.74, 6) is -0.0460. The predicted molar refractivity (Wildman–Crippen MR) is 137 cm³/mol. The fraction of sp³-hybridized carbons (Fsp3) is 0.321. The Bertz CT molecular complexity index is 1250. The highest BCUT2D eigenvalue weighted by molar-refractivity contribution is 6.26. The molecule has 4 rings (SSSR count). The monoisotopic (exact) mass is 473 g/mol. The van der Waals surface area contributed by atoms with E-state index in [1.807, 2.05) is 54.6 Å². The number of anilines is 1. The third-order valence-electron chi connectivity index (χ3n) is 6.43. The van der Waals surface area contributed by atoms with Gasteiger partial charge in [0.25, 0.3) is 5.91 Å². The van der Waals surface area contributed by atoms with Gasteiger partial charge in [0.05, 0.1) is 12.8 Å². The standard InChI is InChI=1S/C28H31N3O4/c1-4-5-15-29-27(33)19(2)30(17-20-9-6-12-22(16-20)35-3)25(32)18-31-24-14-8-11-21-10-7-13-23(26(21)24)28(31)34/h6-14,16,19H,4-5,15,17-18H2,1-3H3,(H,29,33). The maximum Gasteiger partial charge on any atom is 0.259 e. The van der Waals surface area contributed by atoms with Crippen molar-refractivity contribution in [1.82, 2.24) is 10.2 Å². The van der Waals surface area contributed by atoms with E-state index in [1.165, 1.54) is 9.80 Å². The Morgan fingerprint density at radius 1 is 1.09 bits per heavy atom. The van der Waals surface area contributed by atoms with E-state index >= 15 is 0 Å². The van der Waals surface area contributed by atoms with Crippen LogP contribution >= 0.6 is 0 Å². The number of nitrogens with zero attached hydrogens (tertiary/aromatic N) is 2. The smallest absolute Gasteiger partial charge is 0.259 e. The predicted octanol–water partition coefficient (Wildman–Crippen LogP) is 4.14. The molecular weight excluding hydrogens is 442 g/mol. The SMILES string of the molecule is CCCCNC(=O)C(C)N(Cc1cccc(OC)c1)C(=O)CN1C(=O)c2cccc3cccc1c23. The molecule has 0 aromatic heterocycles. The van der Waals surface area contributed by atoms with Crippen LogP contribution in [-0.4, -0.2) is 48.9 Å². The zero-order valence-corrected chi connectivity index (χ0v) is 20.4. The number of ether oxygens (including phenoxy) is 1. The van der Waals surface area contributed by atoms with Crippen molar-refractivity contribution in [3.05, 3.63) is 71.8 Å². The Morgan fingerprint density at radius 2 is 1.83 bits per heavy atom. The van der Waals surface area contributed by atoms with Gasteiger partial charge in [-0.1, -0.05) is 49.7 Å². The minimum atomic E-state index is -0.707. The minimum Gasteiger partial charge on any atom is -0.497 e. The van der Waals surface area contributed by atoms with Crippen molar-refractivity contribution in [3.8, 4) is 5.75 Å².